The third kappa shape index (κ3) is 1.93. The van der Waals surface area contributed by atoms with Gasteiger partial charge in [-0.15, -0.1) is 0 Å². The van der Waals surface area contributed by atoms with E-state index < -0.39 is 6.23 Å². The van der Waals surface area contributed by atoms with E-state index in [0.717, 1.165) is 0 Å². The highest BCUT2D eigenvalue weighted by atomic mass is 16.3. The fraction of sp³-hybridized carbons (Fsp3) is 0.250. The summed E-state index contributed by atoms with van der Waals surface area (Å²) in [4.78, 5) is 0. The maximum absolute atomic E-state index is 8.25. The molecule has 0 aromatic carbocycles. The number of nitrogens with one attached hydrogen (secondary N) is 1. The molecule has 3 radical (unpaired) electrons. The van der Waals surface area contributed by atoms with Crippen LogP contribution in [0.5, 0.6) is 0 Å². The maximum Gasteiger partial charge on any atom is 0.124 e. The first-order valence-corrected chi connectivity index (χ1v) is 1.54. The second kappa shape index (κ2) is 2.87. The van der Waals surface area contributed by atoms with Gasteiger partial charge in [-0.05, 0) is 6.08 Å². The molecule has 6 heavy (non-hydrogen) atoms. The van der Waals surface area contributed by atoms with Crippen molar-refractivity contribution in [2.24, 2.45) is 0 Å². The van der Waals surface area contributed by atoms with Crippen LogP contribution in [0.25, 0.3) is 0 Å². The molecule has 0 amide bonds. The van der Waals surface area contributed by atoms with Gasteiger partial charge in [-0.2, -0.15) is 0 Å². The van der Waals surface area contributed by atoms with E-state index in [1.807, 2.05) is 0 Å². The van der Waals surface area contributed by atoms with E-state index in [9.17, 15) is 0 Å². The van der Waals surface area contributed by atoms with E-state index in [0.29, 0.717) is 0 Å². The van der Waals surface area contributed by atoms with Crippen molar-refractivity contribution in [3.05, 3.63) is 19.7 Å². The van der Waals surface area contributed by atoms with Crippen molar-refractivity contribution in [3.8, 4) is 0 Å². The van der Waals surface area contributed by atoms with Crippen LogP contribution in [0.2, 0.25) is 0 Å². The number of hydrogen-bond donors (Lipinski definition) is 2. The van der Waals surface area contributed by atoms with Crippen molar-refractivity contribution < 1.29 is 5.11 Å². The summed E-state index contributed by atoms with van der Waals surface area (Å²) in [5.74, 6) is 0. The quantitative estimate of drug-likeness (QED) is 0.353. The Morgan fingerprint density at radius 1 is 2.00 bits per heavy atom. The third-order valence-corrected chi connectivity index (χ3v) is 0.371. The lowest BCUT2D eigenvalue weighted by atomic mass is 10.6. The minimum absolute atomic E-state index is 0.884. The van der Waals surface area contributed by atoms with Gasteiger partial charge in [-0.25, -0.2) is 0 Å². The summed E-state index contributed by atoms with van der Waals surface area (Å²) in [7, 11) is 6.24. The predicted octanol–water partition coefficient (Wildman–Crippen LogP) is -0.374. The van der Waals surface area contributed by atoms with E-state index in [1.54, 1.807) is 5.32 Å². The SMILES string of the molecule is [C]NC(O)C=C. The minimum atomic E-state index is -0.884. The van der Waals surface area contributed by atoms with E-state index in [4.69, 9.17) is 12.2 Å². The Balaban J connectivity index is 2.96. The second-order valence-electron chi connectivity index (χ2n) is 0.825. The number of aliphatic hydroxyl groups is 1. The highest BCUT2D eigenvalue weighted by molar-refractivity contribution is 4.74. The van der Waals surface area contributed by atoms with Crippen molar-refractivity contribution in [2.45, 2.75) is 6.23 Å². The molecule has 0 bridgehead atoms. The molecule has 1 unspecified atom stereocenters. The van der Waals surface area contributed by atoms with Crippen LogP contribution < -0.4 is 5.32 Å². The molecule has 2 nitrogen and oxygen atoms in total. The van der Waals surface area contributed by atoms with Crippen molar-refractivity contribution in [1.82, 2.24) is 5.32 Å². The summed E-state index contributed by atoms with van der Waals surface area (Å²) in [5, 5.41) is 10.1. The fourth-order valence-corrected chi connectivity index (χ4v) is 0.0589. The number of hydrogen-bond acceptors (Lipinski definition) is 2. The summed E-state index contributed by atoms with van der Waals surface area (Å²) < 4.78 is 0. The summed E-state index contributed by atoms with van der Waals surface area (Å²) in [6.45, 7) is 3.20. The zero-order valence-corrected chi connectivity index (χ0v) is 3.31. The molecule has 0 aromatic heterocycles. The lowest BCUT2D eigenvalue weighted by molar-refractivity contribution is 0.202. The molecular formula is C4H6NO. The van der Waals surface area contributed by atoms with Gasteiger partial charge in [0.05, 0.1) is 7.05 Å². The van der Waals surface area contributed by atoms with Crippen molar-refractivity contribution in [2.75, 3.05) is 0 Å². The van der Waals surface area contributed by atoms with Crippen LogP contribution in [-0.2, 0) is 0 Å². The monoisotopic (exact) mass is 84.0 g/mol. The zero-order valence-electron chi connectivity index (χ0n) is 3.31. The van der Waals surface area contributed by atoms with Gasteiger partial charge in [0.15, 0.2) is 0 Å². The first-order valence-electron chi connectivity index (χ1n) is 1.54. The van der Waals surface area contributed by atoms with Gasteiger partial charge >= 0.3 is 0 Å². The Morgan fingerprint density at radius 2 is 2.50 bits per heavy atom. The van der Waals surface area contributed by atoms with Gasteiger partial charge in [0, 0.05) is 0 Å². The van der Waals surface area contributed by atoms with E-state index in [2.05, 4.69) is 6.58 Å². The van der Waals surface area contributed by atoms with Crippen LogP contribution in [0.1, 0.15) is 0 Å². The highest BCUT2D eigenvalue weighted by Gasteiger charge is 1.84. The lowest BCUT2D eigenvalue weighted by Gasteiger charge is -1.96. The maximum atomic E-state index is 8.25. The average molecular weight is 84.1 g/mol. The molecule has 0 saturated heterocycles. The van der Waals surface area contributed by atoms with Gasteiger partial charge < -0.3 is 5.11 Å². The molecule has 0 aliphatic carbocycles. The molecule has 0 aromatic rings. The van der Waals surface area contributed by atoms with Crippen LogP contribution in [-0.4, -0.2) is 11.3 Å². The Hall–Kier alpha value is -0.340. The van der Waals surface area contributed by atoms with Crippen LogP contribution in [0.4, 0.5) is 0 Å². The fourth-order valence-electron chi connectivity index (χ4n) is 0.0589. The molecule has 2 N–H and O–H groups in total. The number of aliphatic hydroxyl groups excluding tert-OH is 1. The van der Waals surface area contributed by atoms with Gasteiger partial charge in [0.25, 0.3) is 0 Å². The average Bonchev–Trinajstić information content (AvgIpc) is 1.65. The second-order valence-corrected chi connectivity index (χ2v) is 0.825. The molecule has 33 valence electrons. The minimum Gasteiger partial charge on any atom is -0.375 e. The largest absolute Gasteiger partial charge is 0.375 e. The van der Waals surface area contributed by atoms with Crippen LogP contribution in [0.15, 0.2) is 12.7 Å². The Kier molecular flexibility index (Phi) is 2.71. The Labute approximate surface area is 37.5 Å². The molecule has 0 fully saturated rings. The smallest absolute Gasteiger partial charge is 0.124 e. The first kappa shape index (κ1) is 5.66. The molecule has 0 aliphatic heterocycles. The van der Waals surface area contributed by atoms with Crippen LogP contribution in [0.3, 0.4) is 0 Å². The molecule has 1 atom stereocenters. The van der Waals surface area contributed by atoms with Crippen LogP contribution in [0, 0.1) is 7.05 Å². The molecule has 0 spiro atoms. The van der Waals surface area contributed by atoms with Gasteiger partial charge in [0.2, 0.25) is 0 Å². The summed E-state index contributed by atoms with van der Waals surface area (Å²) in [6.07, 6.45) is 0.345. The summed E-state index contributed by atoms with van der Waals surface area (Å²) in [6, 6.07) is 0. The van der Waals surface area contributed by atoms with E-state index >= 15 is 0 Å². The first-order chi connectivity index (χ1) is 2.81. The topological polar surface area (TPSA) is 32.3 Å². The van der Waals surface area contributed by atoms with Gasteiger partial charge in [0.1, 0.15) is 6.23 Å². The predicted molar refractivity (Wildman–Crippen MR) is 22.6 cm³/mol. The van der Waals surface area contributed by atoms with Crippen molar-refractivity contribution in [1.29, 1.82) is 0 Å². The van der Waals surface area contributed by atoms with Gasteiger partial charge in [-0.1, -0.05) is 6.58 Å². The molecular weight excluding hydrogens is 78.0 g/mol. The molecule has 0 aliphatic rings. The molecule has 0 heterocycles. The standard InChI is InChI=1S/C4H6NO/c1-3-4(6)5-2/h3-6H,1H2. The third-order valence-electron chi connectivity index (χ3n) is 0.371. The molecule has 0 saturated carbocycles. The van der Waals surface area contributed by atoms with Crippen molar-refractivity contribution >= 4 is 0 Å². The van der Waals surface area contributed by atoms with E-state index in [-0.39, 0.29) is 0 Å². The summed E-state index contributed by atoms with van der Waals surface area (Å²) >= 11 is 0. The highest BCUT2D eigenvalue weighted by Crippen LogP contribution is 1.69. The molecule has 2 heteroatoms. The Morgan fingerprint density at radius 3 is 2.50 bits per heavy atom. The lowest BCUT2D eigenvalue weighted by Crippen LogP contribution is -2.18. The molecule has 0 rings (SSSR count). The summed E-state index contributed by atoms with van der Waals surface area (Å²) in [5.41, 5.74) is 0. The van der Waals surface area contributed by atoms with E-state index in [1.165, 1.54) is 6.08 Å². The van der Waals surface area contributed by atoms with Gasteiger partial charge in [-0.3, -0.25) is 5.32 Å². The van der Waals surface area contributed by atoms with Crippen LogP contribution >= 0.6 is 0 Å². The zero-order chi connectivity index (χ0) is 4.99. The van der Waals surface area contributed by atoms with Crippen molar-refractivity contribution in [3.63, 3.8) is 0 Å². The number of rotatable bonds is 2. The normalized spacial score (nSPS) is 13.7. The Bertz CT molecular complexity index is 44.8.